The van der Waals surface area contributed by atoms with Gasteiger partial charge in [0.05, 0.1) is 10.0 Å². The van der Waals surface area contributed by atoms with Crippen LogP contribution in [0.3, 0.4) is 0 Å². The van der Waals surface area contributed by atoms with Crippen molar-refractivity contribution in [2.75, 3.05) is 5.73 Å². The topological polar surface area (TPSA) is 43.1 Å². The SMILES string of the molecule is Nc1scc2c1C1=CC=C(Cl)C(=O)C1=C2. The Labute approximate surface area is 95.4 Å². The third-order valence-corrected chi connectivity index (χ3v) is 3.69. The summed E-state index contributed by atoms with van der Waals surface area (Å²) < 4.78 is 0. The van der Waals surface area contributed by atoms with Crippen molar-refractivity contribution in [1.29, 1.82) is 0 Å². The monoisotopic (exact) mass is 235 g/mol. The highest BCUT2D eigenvalue weighted by molar-refractivity contribution is 7.14. The fourth-order valence-corrected chi connectivity index (χ4v) is 2.82. The molecular weight excluding hydrogens is 230 g/mol. The number of anilines is 1. The molecule has 0 aromatic carbocycles. The summed E-state index contributed by atoms with van der Waals surface area (Å²) in [6.07, 6.45) is 5.33. The second-order valence-electron chi connectivity index (χ2n) is 3.41. The van der Waals surface area contributed by atoms with Crippen LogP contribution in [0.1, 0.15) is 11.1 Å². The lowest BCUT2D eigenvalue weighted by atomic mass is 9.97. The van der Waals surface area contributed by atoms with Crippen molar-refractivity contribution < 1.29 is 4.79 Å². The Balaban J connectivity index is 2.28. The predicted octanol–water partition coefficient (Wildman–Crippen LogP) is 2.82. The lowest BCUT2D eigenvalue weighted by Gasteiger charge is -2.09. The van der Waals surface area contributed by atoms with Gasteiger partial charge in [-0.25, -0.2) is 0 Å². The molecule has 0 aliphatic heterocycles. The summed E-state index contributed by atoms with van der Waals surface area (Å²) in [7, 11) is 0. The first-order chi connectivity index (χ1) is 7.18. The van der Waals surface area contributed by atoms with E-state index in [1.54, 1.807) is 6.08 Å². The Kier molecular flexibility index (Phi) is 1.69. The number of halogens is 1. The van der Waals surface area contributed by atoms with E-state index in [1.807, 2.05) is 17.5 Å². The van der Waals surface area contributed by atoms with Crippen molar-refractivity contribution in [2.45, 2.75) is 0 Å². The fraction of sp³-hybridized carbons (Fsp3) is 0. The van der Waals surface area contributed by atoms with Gasteiger partial charge in [-0.1, -0.05) is 17.7 Å². The first kappa shape index (κ1) is 8.95. The molecule has 0 atom stereocenters. The Hall–Kier alpha value is -1.32. The number of carbonyl (C=O) groups is 1. The van der Waals surface area contributed by atoms with Crippen molar-refractivity contribution in [3.05, 3.63) is 39.3 Å². The van der Waals surface area contributed by atoms with Crippen LogP contribution in [0, 0.1) is 0 Å². The molecule has 2 N–H and O–H groups in total. The average Bonchev–Trinajstić information content (AvgIpc) is 2.74. The number of fused-ring (bicyclic) bond motifs is 3. The molecule has 2 aliphatic rings. The zero-order chi connectivity index (χ0) is 10.6. The minimum atomic E-state index is -0.116. The van der Waals surface area contributed by atoms with Gasteiger partial charge in [0.1, 0.15) is 0 Å². The Morgan fingerprint density at radius 3 is 2.87 bits per heavy atom. The number of ketones is 1. The highest BCUT2D eigenvalue weighted by Crippen LogP contribution is 2.45. The standard InChI is InChI=1S/C11H6ClNOS/c12-8-2-1-6-7(10(8)14)3-5-4-15-11(13)9(5)6/h1-4H,13H2. The Morgan fingerprint density at radius 2 is 2.07 bits per heavy atom. The van der Waals surface area contributed by atoms with Crippen LogP contribution in [-0.4, -0.2) is 5.78 Å². The van der Waals surface area contributed by atoms with E-state index in [0.717, 1.165) is 21.7 Å². The summed E-state index contributed by atoms with van der Waals surface area (Å²) in [5, 5.41) is 2.97. The van der Waals surface area contributed by atoms with E-state index in [-0.39, 0.29) is 10.8 Å². The molecule has 1 heterocycles. The van der Waals surface area contributed by atoms with Gasteiger partial charge in [-0.05, 0) is 23.3 Å². The number of nitrogen functional groups attached to an aromatic ring is 1. The Morgan fingerprint density at radius 1 is 1.27 bits per heavy atom. The number of allylic oxidation sites excluding steroid dienone is 5. The van der Waals surface area contributed by atoms with Crippen LogP contribution in [0.2, 0.25) is 0 Å². The molecule has 0 radical (unpaired) electrons. The molecule has 2 aliphatic carbocycles. The summed E-state index contributed by atoms with van der Waals surface area (Å²) >= 11 is 7.27. The molecule has 0 saturated carbocycles. The van der Waals surface area contributed by atoms with Crippen LogP contribution >= 0.6 is 22.9 Å². The molecule has 0 amide bonds. The van der Waals surface area contributed by atoms with E-state index in [0.29, 0.717) is 5.57 Å². The van der Waals surface area contributed by atoms with Gasteiger partial charge in [-0.3, -0.25) is 4.79 Å². The number of hydrogen-bond donors (Lipinski definition) is 1. The normalized spacial score (nSPS) is 17.9. The molecule has 1 aromatic rings. The number of carbonyl (C=O) groups excluding carboxylic acids is 1. The molecule has 0 unspecified atom stereocenters. The maximum atomic E-state index is 11.7. The van der Waals surface area contributed by atoms with Crippen LogP contribution < -0.4 is 5.73 Å². The molecule has 74 valence electrons. The molecule has 0 fully saturated rings. The molecule has 0 saturated heterocycles. The highest BCUT2D eigenvalue weighted by atomic mass is 35.5. The van der Waals surface area contributed by atoms with Crippen molar-refractivity contribution in [2.24, 2.45) is 0 Å². The van der Waals surface area contributed by atoms with E-state index < -0.39 is 0 Å². The molecular formula is C11H6ClNOS. The van der Waals surface area contributed by atoms with E-state index in [4.69, 9.17) is 17.3 Å². The van der Waals surface area contributed by atoms with Crippen molar-refractivity contribution in [3.8, 4) is 0 Å². The van der Waals surface area contributed by atoms with E-state index in [2.05, 4.69) is 0 Å². The molecule has 4 heteroatoms. The van der Waals surface area contributed by atoms with Gasteiger partial charge in [-0.15, -0.1) is 11.3 Å². The molecule has 15 heavy (non-hydrogen) atoms. The van der Waals surface area contributed by atoms with E-state index in [1.165, 1.54) is 11.3 Å². The van der Waals surface area contributed by atoms with Gasteiger partial charge < -0.3 is 5.73 Å². The summed E-state index contributed by atoms with van der Waals surface area (Å²) in [6.45, 7) is 0. The molecule has 1 aromatic heterocycles. The number of Topliss-reactive ketones (excluding diaryl/α,β-unsaturated/α-hetero) is 1. The molecule has 0 bridgehead atoms. The van der Waals surface area contributed by atoms with Crippen LogP contribution in [0.25, 0.3) is 11.6 Å². The van der Waals surface area contributed by atoms with Crippen LogP contribution in [0.5, 0.6) is 0 Å². The van der Waals surface area contributed by atoms with Crippen LogP contribution in [-0.2, 0) is 4.79 Å². The van der Waals surface area contributed by atoms with Gasteiger partial charge in [0.25, 0.3) is 0 Å². The van der Waals surface area contributed by atoms with Crippen molar-refractivity contribution in [1.82, 2.24) is 0 Å². The maximum Gasteiger partial charge on any atom is 0.205 e. The number of rotatable bonds is 0. The molecule has 2 nitrogen and oxygen atoms in total. The zero-order valence-electron chi connectivity index (χ0n) is 7.58. The molecule has 0 spiro atoms. The Bertz CT molecular complexity index is 577. The van der Waals surface area contributed by atoms with Crippen molar-refractivity contribution in [3.63, 3.8) is 0 Å². The van der Waals surface area contributed by atoms with E-state index in [9.17, 15) is 4.79 Å². The highest BCUT2D eigenvalue weighted by Gasteiger charge is 2.29. The summed E-state index contributed by atoms with van der Waals surface area (Å²) in [5.41, 5.74) is 9.41. The first-order valence-electron chi connectivity index (χ1n) is 4.40. The first-order valence-corrected chi connectivity index (χ1v) is 5.66. The van der Waals surface area contributed by atoms with Gasteiger partial charge in [0, 0.05) is 16.5 Å². The summed E-state index contributed by atoms with van der Waals surface area (Å²) in [4.78, 5) is 11.7. The second-order valence-corrected chi connectivity index (χ2v) is 4.73. The lowest BCUT2D eigenvalue weighted by Crippen LogP contribution is -2.05. The van der Waals surface area contributed by atoms with Gasteiger partial charge in [0.15, 0.2) is 0 Å². The van der Waals surface area contributed by atoms with Crippen LogP contribution in [0.4, 0.5) is 5.00 Å². The molecule has 3 rings (SSSR count). The number of hydrogen-bond acceptors (Lipinski definition) is 3. The average molecular weight is 236 g/mol. The predicted molar refractivity (Wildman–Crippen MR) is 63.6 cm³/mol. The van der Waals surface area contributed by atoms with Gasteiger partial charge >= 0.3 is 0 Å². The van der Waals surface area contributed by atoms with E-state index >= 15 is 0 Å². The zero-order valence-corrected chi connectivity index (χ0v) is 9.15. The van der Waals surface area contributed by atoms with Gasteiger partial charge in [0.2, 0.25) is 5.78 Å². The second kappa shape index (κ2) is 2.84. The lowest BCUT2D eigenvalue weighted by molar-refractivity contribution is -0.111. The fourth-order valence-electron chi connectivity index (χ4n) is 1.87. The van der Waals surface area contributed by atoms with Gasteiger partial charge in [-0.2, -0.15) is 0 Å². The number of nitrogens with two attached hydrogens (primary N) is 1. The minimum absolute atomic E-state index is 0.116. The summed E-state index contributed by atoms with van der Waals surface area (Å²) in [6, 6.07) is 0. The van der Waals surface area contributed by atoms with Crippen LogP contribution in [0.15, 0.2) is 28.1 Å². The third-order valence-electron chi connectivity index (χ3n) is 2.57. The number of thiophene rings is 1. The smallest absolute Gasteiger partial charge is 0.205 e. The largest absolute Gasteiger partial charge is 0.390 e. The third kappa shape index (κ3) is 1.07. The summed E-state index contributed by atoms with van der Waals surface area (Å²) in [5.74, 6) is -0.116. The quantitative estimate of drug-likeness (QED) is 0.752. The maximum absolute atomic E-state index is 11.7. The van der Waals surface area contributed by atoms with Crippen molar-refractivity contribution >= 4 is 45.4 Å². The minimum Gasteiger partial charge on any atom is -0.390 e.